The summed E-state index contributed by atoms with van der Waals surface area (Å²) in [5.74, 6) is 0.984. The normalized spacial score (nSPS) is 31.7. The second-order valence-corrected chi connectivity index (χ2v) is 9.80. The van der Waals surface area contributed by atoms with Crippen molar-refractivity contribution in [2.45, 2.75) is 45.4 Å². The highest BCUT2D eigenvalue weighted by atomic mass is 32.2. The van der Waals surface area contributed by atoms with Crippen LogP contribution in [-0.2, 0) is 21.2 Å². The van der Waals surface area contributed by atoms with Gasteiger partial charge in [0.05, 0.1) is 24.2 Å². The van der Waals surface area contributed by atoms with Gasteiger partial charge in [-0.2, -0.15) is 0 Å². The van der Waals surface area contributed by atoms with E-state index in [4.69, 9.17) is 4.74 Å². The number of benzene rings is 1. The van der Waals surface area contributed by atoms with Gasteiger partial charge < -0.3 is 10.1 Å². The van der Waals surface area contributed by atoms with Gasteiger partial charge in [-0.15, -0.1) is 0 Å². The second-order valence-electron chi connectivity index (χ2n) is 7.57. The Balaban J connectivity index is 1.43. The lowest BCUT2D eigenvalue weighted by Crippen LogP contribution is -2.61. The fourth-order valence-electron chi connectivity index (χ4n) is 3.63. The molecule has 23 heavy (non-hydrogen) atoms. The standard InChI is InChI=1S/C18H27NO3S/c1-18(2)16(19-11-15-8-9-23(20,21)13-15)10-17(18)22-12-14-6-4-3-5-7-14/h3-7,15-17,19H,8-13H2,1-2H3/t15-,16+,17+/m0/s1. The van der Waals surface area contributed by atoms with Crippen molar-refractivity contribution in [1.29, 1.82) is 0 Å². The van der Waals surface area contributed by atoms with Crippen LogP contribution in [0.4, 0.5) is 0 Å². The minimum Gasteiger partial charge on any atom is -0.373 e. The molecule has 1 heterocycles. The number of ether oxygens (including phenoxy) is 1. The maximum atomic E-state index is 11.5. The summed E-state index contributed by atoms with van der Waals surface area (Å²) in [4.78, 5) is 0. The first-order valence-corrected chi connectivity index (χ1v) is 10.3. The van der Waals surface area contributed by atoms with E-state index in [2.05, 4.69) is 31.3 Å². The Labute approximate surface area is 139 Å². The van der Waals surface area contributed by atoms with Crippen molar-refractivity contribution in [1.82, 2.24) is 5.32 Å². The summed E-state index contributed by atoms with van der Waals surface area (Å²) in [6.07, 6.45) is 2.06. The minimum atomic E-state index is -2.78. The molecule has 2 aliphatic rings. The SMILES string of the molecule is CC1(C)[C@H](NC[C@@H]2CCS(=O)(=O)C2)C[C@H]1OCc1ccccc1. The Bertz CT molecular complexity index is 627. The van der Waals surface area contributed by atoms with Crippen molar-refractivity contribution in [3.8, 4) is 0 Å². The molecule has 4 nitrogen and oxygen atoms in total. The fraction of sp³-hybridized carbons (Fsp3) is 0.667. The lowest BCUT2D eigenvalue weighted by Gasteiger charge is -2.52. The smallest absolute Gasteiger partial charge is 0.150 e. The number of rotatable bonds is 6. The molecule has 1 saturated heterocycles. The van der Waals surface area contributed by atoms with Gasteiger partial charge in [0.2, 0.25) is 0 Å². The summed E-state index contributed by atoms with van der Waals surface area (Å²) in [7, 11) is -2.78. The van der Waals surface area contributed by atoms with Crippen LogP contribution in [0.15, 0.2) is 30.3 Å². The van der Waals surface area contributed by atoms with E-state index < -0.39 is 9.84 Å². The van der Waals surface area contributed by atoms with Crippen LogP contribution < -0.4 is 5.32 Å². The minimum absolute atomic E-state index is 0.0895. The Hall–Kier alpha value is -0.910. The van der Waals surface area contributed by atoms with Crippen molar-refractivity contribution < 1.29 is 13.2 Å². The zero-order valence-corrected chi connectivity index (χ0v) is 14.8. The third kappa shape index (κ3) is 3.95. The van der Waals surface area contributed by atoms with Crippen LogP contribution in [0.1, 0.15) is 32.3 Å². The van der Waals surface area contributed by atoms with E-state index in [0.717, 1.165) is 19.4 Å². The molecule has 1 N–H and O–H groups in total. The summed E-state index contributed by atoms with van der Waals surface area (Å²) in [6.45, 7) is 5.92. The van der Waals surface area contributed by atoms with Crippen LogP contribution in [0.5, 0.6) is 0 Å². The highest BCUT2D eigenvalue weighted by Gasteiger charge is 2.49. The lowest BCUT2D eigenvalue weighted by molar-refractivity contribution is -0.125. The molecule has 0 radical (unpaired) electrons. The van der Waals surface area contributed by atoms with E-state index in [1.54, 1.807) is 0 Å². The quantitative estimate of drug-likeness (QED) is 0.866. The summed E-state index contributed by atoms with van der Waals surface area (Å²) in [5, 5.41) is 3.57. The summed E-state index contributed by atoms with van der Waals surface area (Å²) < 4.78 is 29.1. The fourth-order valence-corrected chi connectivity index (χ4v) is 5.49. The van der Waals surface area contributed by atoms with Gasteiger partial charge in [0.15, 0.2) is 9.84 Å². The molecule has 5 heteroatoms. The molecular formula is C18H27NO3S. The van der Waals surface area contributed by atoms with Crippen LogP contribution in [0, 0.1) is 11.3 Å². The summed E-state index contributed by atoms with van der Waals surface area (Å²) >= 11 is 0. The average Bonchev–Trinajstić information content (AvgIpc) is 2.86. The van der Waals surface area contributed by atoms with E-state index in [1.165, 1.54) is 5.56 Å². The highest BCUT2D eigenvalue weighted by Crippen LogP contribution is 2.43. The van der Waals surface area contributed by atoms with Crippen molar-refractivity contribution in [3.63, 3.8) is 0 Å². The van der Waals surface area contributed by atoms with Gasteiger partial charge in [-0.05, 0) is 30.9 Å². The molecule has 0 spiro atoms. The molecule has 1 aromatic carbocycles. The van der Waals surface area contributed by atoms with Crippen LogP contribution in [0.25, 0.3) is 0 Å². The molecule has 0 bridgehead atoms. The maximum absolute atomic E-state index is 11.5. The molecule has 3 rings (SSSR count). The van der Waals surface area contributed by atoms with E-state index in [1.807, 2.05) is 18.2 Å². The van der Waals surface area contributed by atoms with E-state index in [-0.39, 0.29) is 17.4 Å². The van der Waals surface area contributed by atoms with Gasteiger partial charge in [0.1, 0.15) is 0 Å². The molecule has 2 fully saturated rings. The van der Waals surface area contributed by atoms with Gasteiger partial charge in [0.25, 0.3) is 0 Å². The Kier molecular flexibility index (Phi) is 4.81. The first-order valence-electron chi connectivity index (χ1n) is 8.46. The third-order valence-corrected chi connectivity index (χ3v) is 7.29. The largest absolute Gasteiger partial charge is 0.373 e. The highest BCUT2D eigenvalue weighted by molar-refractivity contribution is 7.91. The average molecular weight is 337 g/mol. The predicted octanol–water partition coefficient (Wildman–Crippen LogP) is 2.39. The first-order chi connectivity index (χ1) is 10.9. The number of nitrogens with one attached hydrogen (secondary N) is 1. The molecule has 0 aromatic heterocycles. The zero-order chi connectivity index (χ0) is 16.5. The number of hydrogen-bond acceptors (Lipinski definition) is 4. The predicted molar refractivity (Wildman–Crippen MR) is 92.0 cm³/mol. The number of hydrogen-bond donors (Lipinski definition) is 1. The molecule has 1 aliphatic carbocycles. The molecule has 1 saturated carbocycles. The monoisotopic (exact) mass is 337 g/mol. The van der Waals surface area contributed by atoms with Crippen molar-refractivity contribution in [3.05, 3.63) is 35.9 Å². The van der Waals surface area contributed by atoms with E-state index >= 15 is 0 Å². The van der Waals surface area contributed by atoms with Crippen LogP contribution in [0.2, 0.25) is 0 Å². The van der Waals surface area contributed by atoms with Gasteiger partial charge in [-0.1, -0.05) is 44.2 Å². The Morgan fingerprint density at radius 1 is 1.26 bits per heavy atom. The molecule has 0 amide bonds. The van der Waals surface area contributed by atoms with E-state index in [9.17, 15) is 8.42 Å². The third-order valence-electron chi connectivity index (χ3n) is 5.45. The molecule has 1 aromatic rings. The molecule has 128 valence electrons. The molecule has 1 aliphatic heterocycles. The molecule has 3 atom stereocenters. The van der Waals surface area contributed by atoms with Gasteiger partial charge >= 0.3 is 0 Å². The Morgan fingerprint density at radius 2 is 2.00 bits per heavy atom. The summed E-state index contributed by atoms with van der Waals surface area (Å²) in [6, 6.07) is 10.7. The Morgan fingerprint density at radius 3 is 2.61 bits per heavy atom. The van der Waals surface area contributed by atoms with Crippen LogP contribution >= 0.6 is 0 Å². The lowest BCUT2D eigenvalue weighted by atomic mass is 9.64. The van der Waals surface area contributed by atoms with E-state index in [0.29, 0.717) is 24.2 Å². The number of sulfone groups is 1. The molecule has 0 unspecified atom stereocenters. The maximum Gasteiger partial charge on any atom is 0.150 e. The molecular weight excluding hydrogens is 310 g/mol. The van der Waals surface area contributed by atoms with Gasteiger partial charge in [0, 0.05) is 11.5 Å². The van der Waals surface area contributed by atoms with Crippen molar-refractivity contribution >= 4 is 9.84 Å². The van der Waals surface area contributed by atoms with Crippen LogP contribution in [-0.4, -0.2) is 38.6 Å². The summed E-state index contributed by atoms with van der Waals surface area (Å²) in [5.41, 5.74) is 1.29. The van der Waals surface area contributed by atoms with Crippen molar-refractivity contribution in [2.24, 2.45) is 11.3 Å². The van der Waals surface area contributed by atoms with Crippen molar-refractivity contribution in [2.75, 3.05) is 18.1 Å². The van der Waals surface area contributed by atoms with Gasteiger partial charge in [-0.25, -0.2) is 8.42 Å². The second kappa shape index (κ2) is 6.54. The topological polar surface area (TPSA) is 55.4 Å². The zero-order valence-electron chi connectivity index (χ0n) is 14.0. The van der Waals surface area contributed by atoms with Gasteiger partial charge in [-0.3, -0.25) is 0 Å². The first kappa shape index (κ1) is 16.9. The van der Waals surface area contributed by atoms with Crippen LogP contribution in [0.3, 0.4) is 0 Å².